The summed E-state index contributed by atoms with van der Waals surface area (Å²) in [6.45, 7) is -0.197. The van der Waals surface area contributed by atoms with Gasteiger partial charge in [-0.1, -0.05) is 4.65 Å². The molecule has 0 spiro atoms. The van der Waals surface area contributed by atoms with Crippen LogP contribution in [0.25, 0.3) is 0 Å². The Kier molecular flexibility index (Phi) is 4.42. The van der Waals surface area contributed by atoms with Gasteiger partial charge in [0.05, 0.1) is 5.69 Å². The van der Waals surface area contributed by atoms with Crippen LogP contribution in [-0.4, -0.2) is 58.2 Å². The number of anilines is 1. The highest BCUT2D eigenvalue weighted by Crippen LogP contribution is 2.39. The van der Waals surface area contributed by atoms with Crippen LogP contribution in [0.1, 0.15) is 18.5 Å². The molecular formula is C11H16N5O7S2+. The Labute approximate surface area is 146 Å². The molecule has 3 atom stereocenters. The summed E-state index contributed by atoms with van der Waals surface area (Å²) in [7, 11) is -4.91. The highest BCUT2D eigenvalue weighted by molar-refractivity contribution is 7.80. The molecule has 14 heteroatoms. The molecule has 1 unspecified atom stereocenters. The van der Waals surface area contributed by atoms with Gasteiger partial charge in [0.15, 0.2) is 5.13 Å². The van der Waals surface area contributed by atoms with Crippen LogP contribution in [0.5, 0.6) is 0 Å². The van der Waals surface area contributed by atoms with Crippen molar-refractivity contribution in [3.63, 3.8) is 0 Å². The van der Waals surface area contributed by atoms with E-state index in [1.165, 1.54) is 11.3 Å². The van der Waals surface area contributed by atoms with E-state index in [1.54, 1.807) is 5.38 Å². The lowest BCUT2D eigenvalue weighted by molar-refractivity contribution is -1.05. The predicted octanol–water partition coefficient (Wildman–Crippen LogP) is -0.840. The number of hydrogen-bond acceptors (Lipinski definition) is 9. The molecule has 25 heavy (non-hydrogen) atoms. The molecule has 2 aliphatic rings. The zero-order chi connectivity index (χ0) is 18.4. The van der Waals surface area contributed by atoms with Gasteiger partial charge in [-0.2, -0.15) is 13.3 Å². The first-order chi connectivity index (χ1) is 11.6. The second-order valence-corrected chi connectivity index (χ2v) is 7.58. The van der Waals surface area contributed by atoms with Crippen molar-refractivity contribution in [3.05, 3.63) is 11.1 Å². The number of fused-ring (bicyclic) bond motifs is 2. The van der Waals surface area contributed by atoms with Crippen molar-refractivity contribution in [2.24, 2.45) is 5.73 Å². The summed E-state index contributed by atoms with van der Waals surface area (Å²) < 4.78 is 34.4. The number of nitrogens with two attached hydrogens (primary N) is 2. The molecule has 12 nitrogen and oxygen atoms in total. The lowest BCUT2D eigenvalue weighted by atomic mass is 10.00. The maximum Gasteiger partial charge on any atom is 0.477 e. The molecule has 3 heterocycles. The third kappa shape index (κ3) is 3.31. The van der Waals surface area contributed by atoms with Crippen LogP contribution >= 0.6 is 11.3 Å². The molecule has 2 aliphatic heterocycles. The molecule has 0 radical (unpaired) electrons. The molecule has 0 saturated carbocycles. The fourth-order valence-corrected chi connectivity index (χ4v) is 4.06. The van der Waals surface area contributed by atoms with Gasteiger partial charge in [0.25, 0.3) is 5.91 Å². The van der Waals surface area contributed by atoms with E-state index in [1.807, 2.05) is 0 Å². The van der Waals surface area contributed by atoms with Crippen molar-refractivity contribution < 1.29 is 36.3 Å². The lowest BCUT2D eigenvalue weighted by Gasteiger charge is -2.34. The molecule has 0 aromatic carbocycles. The Morgan fingerprint density at radius 3 is 2.80 bits per heavy atom. The molecule has 2 saturated heterocycles. The van der Waals surface area contributed by atoms with Crippen molar-refractivity contribution >= 4 is 38.8 Å². The summed E-state index contributed by atoms with van der Waals surface area (Å²) in [6, 6.07) is -2.65. The van der Waals surface area contributed by atoms with Gasteiger partial charge in [-0.25, -0.2) is 9.78 Å². The maximum atomic E-state index is 12.8. The minimum atomic E-state index is -4.91. The van der Waals surface area contributed by atoms with E-state index in [-0.39, 0.29) is 26.0 Å². The van der Waals surface area contributed by atoms with Crippen LogP contribution in [0.2, 0.25) is 0 Å². The van der Waals surface area contributed by atoms with E-state index in [4.69, 9.17) is 20.9 Å². The van der Waals surface area contributed by atoms with E-state index < -0.39 is 39.1 Å². The number of carbonyl (C=O) groups is 2. The van der Waals surface area contributed by atoms with Gasteiger partial charge in [-0.05, 0) is 6.42 Å². The van der Waals surface area contributed by atoms with E-state index >= 15 is 0 Å². The molecule has 5 N–H and O–H groups in total. The fourth-order valence-electron chi connectivity index (χ4n) is 3.13. The number of primary amides is 1. The Morgan fingerprint density at radius 2 is 2.24 bits per heavy atom. The number of urea groups is 1. The van der Waals surface area contributed by atoms with Crippen LogP contribution in [0, 0.1) is 0 Å². The standard InChI is InChI=1S/C11H15N5O7S2/c12-9(17)8-2-1-7-3-16(8,11(18)15(7)23-25(19,20)21)22-4-6-5-24-10(13)14-6/h5,7-8H,1-4H2,(H4-,12,13,14,17,19,20,21)/p+1/t7-,8+,16?/m1/s1. The number of piperidine rings is 1. The normalized spacial score (nSPS) is 29.2. The van der Waals surface area contributed by atoms with Gasteiger partial charge in [0.2, 0.25) is 6.04 Å². The average molecular weight is 394 g/mol. The predicted molar refractivity (Wildman–Crippen MR) is 82.3 cm³/mol. The van der Waals surface area contributed by atoms with E-state index in [2.05, 4.69) is 9.27 Å². The largest absolute Gasteiger partial charge is 0.477 e. The Hall–Kier alpha value is -1.84. The summed E-state index contributed by atoms with van der Waals surface area (Å²) >= 11 is 1.18. The topological polar surface area (TPSA) is 175 Å². The van der Waals surface area contributed by atoms with Gasteiger partial charge in [0, 0.05) is 11.8 Å². The first-order valence-corrected chi connectivity index (χ1v) is 9.39. The van der Waals surface area contributed by atoms with Crippen molar-refractivity contribution in [1.82, 2.24) is 10.0 Å². The Balaban J connectivity index is 1.90. The minimum absolute atomic E-state index is 0.0540. The Morgan fingerprint density at radius 1 is 1.52 bits per heavy atom. The fraction of sp³-hybridized carbons (Fsp3) is 0.545. The van der Waals surface area contributed by atoms with E-state index in [0.717, 1.165) is 0 Å². The number of aromatic nitrogens is 1. The number of carbonyl (C=O) groups excluding carboxylic acids is 2. The zero-order valence-corrected chi connectivity index (χ0v) is 14.4. The molecule has 1 aromatic rings. The quantitative estimate of drug-likeness (QED) is 0.410. The SMILES string of the molecule is NC(=O)[C@@H]1CC[C@@H]2C[N+]1(OCc1csc(N)n1)C(=O)N2OS(=O)(=O)O. The smallest absolute Gasteiger partial charge is 0.375 e. The van der Waals surface area contributed by atoms with Crippen LogP contribution in [0.4, 0.5) is 9.93 Å². The van der Waals surface area contributed by atoms with Gasteiger partial charge < -0.3 is 11.5 Å². The number of nitrogen functional groups attached to an aromatic ring is 1. The van der Waals surface area contributed by atoms with Crippen molar-refractivity contribution in [3.8, 4) is 0 Å². The van der Waals surface area contributed by atoms with Gasteiger partial charge in [-0.3, -0.25) is 9.35 Å². The summed E-state index contributed by atoms with van der Waals surface area (Å²) in [6.07, 6.45) is 0.457. The monoisotopic (exact) mass is 394 g/mol. The summed E-state index contributed by atoms with van der Waals surface area (Å²) in [5.41, 5.74) is 11.4. The number of amides is 3. The third-order valence-electron chi connectivity index (χ3n) is 4.12. The number of hydroxylamine groups is 5. The third-order valence-corrected chi connectivity index (χ3v) is 5.19. The van der Waals surface area contributed by atoms with Crippen molar-refractivity contribution in [2.75, 3.05) is 12.3 Å². The highest BCUT2D eigenvalue weighted by atomic mass is 32.3. The zero-order valence-electron chi connectivity index (χ0n) is 12.8. The molecule has 138 valence electrons. The number of nitrogens with zero attached hydrogens (tertiary/aromatic N) is 3. The molecule has 3 rings (SSSR count). The first kappa shape index (κ1) is 18.0. The Bertz CT molecular complexity index is 811. The van der Waals surface area contributed by atoms with Gasteiger partial charge in [-0.15, -0.1) is 20.7 Å². The first-order valence-electron chi connectivity index (χ1n) is 7.14. The summed E-state index contributed by atoms with van der Waals surface area (Å²) in [4.78, 5) is 34.2. The lowest BCUT2D eigenvalue weighted by Crippen LogP contribution is -2.62. The number of hydrogen-bond donors (Lipinski definition) is 3. The molecule has 0 aliphatic carbocycles. The molecular weight excluding hydrogens is 378 g/mol. The molecule has 2 fully saturated rings. The summed E-state index contributed by atoms with van der Waals surface area (Å²) in [5.74, 6) is -0.765. The van der Waals surface area contributed by atoms with Gasteiger partial charge >= 0.3 is 16.4 Å². The molecule has 1 aromatic heterocycles. The van der Waals surface area contributed by atoms with E-state index in [9.17, 15) is 18.0 Å². The van der Waals surface area contributed by atoms with Crippen LogP contribution in [-0.2, 0) is 30.9 Å². The van der Waals surface area contributed by atoms with Crippen molar-refractivity contribution in [2.45, 2.75) is 31.5 Å². The highest BCUT2D eigenvalue weighted by Gasteiger charge is 2.65. The summed E-state index contributed by atoms with van der Waals surface area (Å²) in [5, 5.41) is 2.46. The van der Waals surface area contributed by atoms with Gasteiger partial charge in [0.1, 0.15) is 19.2 Å². The second kappa shape index (κ2) is 6.15. The number of quaternary nitrogens is 1. The second-order valence-electron chi connectivity index (χ2n) is 5.69. The van der Waals surface area contributed by atoms with Crippen LogP contribution < -0.4 is 11.5 Å². The van der Waals surface area contributed by atoms with Crippen LogP contribution in [0.15, 0.2) is 5.38 Å². The maximum absolute atomic E-state index is 12.8. The van der Waals surface area contributed by atoms with Crippen LogP contribution in [0.3, 0.4) is 0 Å². The van der Waals surface area contributed by atoms with Crippen molar-refractivity contribution in [1.29, 1.82) is 0 Å². The van der Waals surface area contributed by atoms with E-state index in [0.29, 0.717) is 15.9 Å². The molecule has 2 bridgehead atoms. The number of rotatable bonds is 6. The minimum Gasteiger partial charge on any atom is -0.375 e. The number of thiazole rings is 1. The average Bonchev–Trinajstić information content (AvgIpc) is 3.00. The molecule has 3 amide bonds.